The van der Waals surface area contributed by atoms with Crippen molar-refractivity contribution in [2.75, 3.05) is 0 Å². The van der Waals surface area contributed by atoms with E-state index >= 15 is 0 Å². The van der Waals surface area contributed by atoms with Crippen LogP contribution in [-0.4, -0.2) is 44.3 Å². The number of carbonyl (C=O) groups is 2. The number of ether oxygens (including phenoxy) is 2. The summed E-state index contributed by atoms with van der Waals surface area (Å²) >= 11 is 0. The molecule has 1 aliphatic heterocycles. The summed E-state index contributed by atoms with van der Waals surface area (Å²) < 4.78 is 11.4. The first-order valence-electron chi connectivity index (χ1n) is 10.9. The van der Waals surface area contributed by atoms with E-state index in [0.717, 1.165) is 5.06 Å². The van der Waals surface area contributed by atoms with E-state index in [0.29, 0.717) is 22.5 Å². The lowest BCUT2D eigenvalue weighted by molar-refractivity contribution is -0.234. The SMILES string of the molecule is Cc1nc(C)c(C(=O)OC(C)(C)C)c(C2=CC(C)(C)N([O])C2(C)C)c1C(=O)OC(C)(C)C. The number of aryl methyl sites for hydroxylation is 2. The van der Waals surface area contributed by atoms with Gasteiger partial charge in [-0.25, -0.2) is 9.59 Å². The molecule has 7 nitrogen and oxygen atoms in total. The Labute approximate surface area is 191 Å². The van der Waals surface area contributed by atoms with Crippen LogP contribution in [0.25, 0.3) is 5.57 Å². The summed E-state index contributed by atoms with van der Waals surface area (Å²) in [5.41, 5.74) is -1.19. The van der Waals surface area contributed by atoms with Crippen molar-refractivity contribution in [3.05, 3.63) is 34.2 Å². The summed E-state index contributed by atoms with van der Waals surface area (Å²) in [6.45, 7) is 21.2. The molecule has 0 bridgehead atoms. The number of carbonyl (C=O) groups excluding carboxylic acids is 2. The smallest absolute Gasteiger partial charge is 0.341 e. The second kappa shape index (κ2) is 7.96. The highest BCUT2D eigenvalue weighted by atomic mass is 16.6. The second-order valence-corrected chi connectivity index (χ2v) is 11.5. The molecule has 1 aliphatic rings. The van der Waals surface area contributed by atoms with E-state index in [1.54, 1.807) is 83.1 Å². The van der Waals surface area contributed by atoms with Gasteiger partial charge in [-0.2, -0.15) is 0 Å². The predicted octanol–water partition coefficient (Wildman–Crippen LogP) is 5.21. The fourth-order valence-electron chi connectivity index (χ4n) is 4.07. The van der Waals surface area contributed by atoms with Crippen LogP contribution in [0.15, 0.2) is 6.08 Å². The molecule has 0 aromatic carbocycles. The molecule has 2 heterocycles. The van der Waals surface area contributed by atoms with Crippen LogP contribution in [0.5, 0.6) is 0 Å². The fourth-order valence-corrected chi connectivity index (χ4v) is 4.07. The van der Waals surface area contributed by atoms with Crippen molar-refractivity contribution in [2.24, 2.45) is 0 Å². The number of esters is 2. The molecule has 2 rings (SSSR count). The molecule has 0 saturated heterocycles. The van der Waals surface area contributed by atoms with Crippen molar-refractivity contribution in [3.63, 3.8) is 0 Å². The Balaban J connectivity index is 2.95. The van der Waals surface area contributed by atoms with Gasteiger partial charge in [-0.15, -0.1) is 10.3 Å². The zero-order valence-electron chi connectivity index (χ0n) is 21.5. The van der Waals surface area contributed by atoms with E-state index < -0.39 is 34.2 Å². The average molecular weight is 446 g/mol. The molecule has 0 saturated carbocycles. The number of rotatable bonds is 3. The summed E-state index contributed by atoms with van der Waals surface area (Å²) in [4.78, 5) is 31.2. The molecule has 177 valence electrons. The number of pyridine rings is 1. The Morgan fingerprint density at radius 2 is 1.22 bits per heavy atom. The van der Waals surface area contributed by atoms with Crippen LogP contribution in [0.1, 0.15) is 107 Å². The summed E-state index contributed by atoms with van der Waals surface area (Å²) in [6.07, 6.45) is 1.82. The first-order valence-corrected chi connectivity index (χ1v) is 10.9. The van der Waals surface area contributed by atoms with E-state index in [4.69, 9.17) is 9.47 Å². The highest BCUT2D eigenvalue weighted by Gasteiger charge is 2.49. The van der Waals surface area contributed by atoms with Crippen molar-refractivity contribution >= 4 is 17.5 Å². The highest BCUT2D eigenvalue weighted by molar-refractivity contribution is 6.06. The molecule has 1 radical (unpaired) electrons. The number of nitrogens with zero attached hydrogens (tertiary/aromatic N) is 2. The molecular weight excluding hydrogens is 408 g/mol. The van der Waals surface area contributed by atoms with Crippen LogP contribution >= 0.6 is 0 Å². The molecule has 7 heteroatoms. The van der Waals surface area contributed by atoms with Gasteiger partial charge in [-0.05, 0) is 88.7 Å². The van der Waals surface area contributed by atoms with Crippen LogP contribution in [-0.2, 0) is 14.7 Å². The lowest BCUT2D eigenvalue weighted by atomic mass is 9.83. The molecule has 0 amide bonds. The van der Waals surface area contributed by atoms with Crippen molar-refractivity contribution in [3.8, 4) is 0 Å². The van der Waals surface area contributed by atoms with Gasteiger partial charge < -0.3 is 9.47 Å². The van der Waals surface area contributed by atoms with Gasteiger partial charge in [-0.1, -0.05) is 6.08 Å². The summed E-state index contributed by atoms with van der Waals surface area (Å²) in [5.74, 6) is -1.19. The van der Waals surface area contributed by atoms with Crippen LogP contribution in [0.3, 0.4) is 0 Å². The maximum Gasteiger partial charge on any atom is 0.341 e. The Kier molecular flexibility index (Phi) is 6.47. The Morgan fingerprint density at radius 3 is 1.50 bits per heavy atom. The van der Waals surface area contributed by atoms with Gasteiger partial charge in [0.1, 0.15) is 11.2 Å². The third-order valence-corrected chi connectivity index (χ3v) is 5.22. The van der Waals surface area contributed by atoms with Crippen LogP contribution in [0.4, 0.5) is 0 Å². The molecule has 0 unspecified atom stereocenters. The third kappa shape index (κ3) is 5.04. The van der Waals surface area contributed by atoms with Gasteiger partial charge in [0.2, 0.25) is 0 Å². The number of aromatic nitrogens is 1. The monoisotopic (exact) mass is 445 g/mol. The van der Waals surface area contributed by atoms with Gasteiger partial charge in [0, 0.05) is 5.56 Å². The zero-order chi connectivity index (χ0) is 25.0. The van der Waals surface area contributed by atoms with Crippen LogP contribution in [0.2, 0.25) is 0 Å². The lowest BCUT2D eigenvalue weighted by Gasteiger charge is -2.35. The standard InChI is InChI=1S/C25H37N2O5/c1-14-17(20(28)31-22(3,4)5)19(16-13-24(9,10)27(30)25(16,11)12)18(15(2)26-14)21(29)32-23(6,7)8/h13H,1-12H3. The van der Waals surface area contributed by atoms with Gasteiger partial charge in [0.05, 0.1) is 33.6 Å². The number of hydroxylamine groups is 2. The first-order chi connectivity index (χ1) is 14.2. The van der Waals surface area contributed by atoms with E-state index in [1.165, 1.54) is 0 Å². The van der Waals surface area contributed by atoms with Crippen molar-refractivity contribution in [2.45, 2.75) is 105 Å². The predicted molar refractivity (Wildman–Crippen MR) is 123 cm³/mol. The lowest BCUT2D eigenvalue weighted by Crippen LogP contribution is -2.46. The third-order valence-electron chi connectivity index (χ3n) is 5.22. The molecule has 0 N–H and O–H groups in total. The summed E-state index contributed by atoms with van der Waals surface area (Å²) in [7, 11) is 0. The first kappa shape index (κ1) is 26.0. The Morgan fingerprint density at radius 1 is 0.844 bits per heavy atom. The van der Waals surface area contributed by atoms with E-state index in [2.05, 4.69) is 4.98 Å². The molecule has 0 spiro atoms. The van der Waals surface area contributed by atoms with E-state index in [1.807, 2.05) is 6.08 Å². The molecule has 0 fully saturated rings. The number of hydrogen-bond acceptors (Lipinski definition) is 6. The second-order valence-electron chi connectivity index (χ2n) is 11.5. The molecular formula is C25H37N2O5. The minimum absolute atomic E-state index is 0.178. The van der Waals surface area contributed by atoms with Gasteiger partial charge >= 0.3 is 11.9 Å². The van der Waals surface area contributed by atoms with Crippen LogP contribution < -0.4 is 0 Å². The topological polar surface area (TPSA) is 88.6 Å². The van der Waals surface area contributed by atoms with Crippen molar-refractivity contribution in [1.82, 2.24) is 10.0 Å². The molecule has 1 aromatic heterocycles. The maximum atomic E-state index is 13.4. The zero-order valence-corrected chi connectivity index (χ0v) is 21.5. The average Bonchev–Trinajstić information content (AvgIpc) is 2.70. The molecule has 0 aliphatic carbocycles. The maximum absolute atomic E-state index is 13.4. The van der Waals surface area contributed by atoms with Crippen LogP contribution in [0, 0.1) is 13.8 Å². The molecule has 32 heavy (non-hydrogen) atoms. The largest absolute Gasteiger partial charge is 0.456 e. The minimum Gasteiger partial charge on any atom is -0.456 e. The van der Waals surface area contributed by atoms with E-state index in [-0.39, 0.29) is 11.1 Å². The fraction of sp³-hybridized carbons (Fsp3) is 0.640. The normalized spacial score (nSPS) is 18.3. The Bertz CT molecular complexity index is 923. The summed E-state index contributed by atoms with van der Waals surface area (Å²) in [5, 5.41) is 14.1. The molecule has 1 aromatic rings. The number of hydrogen-bond donors (Lipinski definition) is 0. The summed E-state index contributed by atoms with van der Waals surface area (Å²) in [6, 6.07) is 0. The highest BCUT2D eigenvalue weighted by Crippen LogP contribution is 2.46. The van der Waals surface area contributed by atoms with Crippen molar-refractivity contribution in [1.29, 1.82) is 0 Å². The van der Waals surface area contributed by atoms with Gasteiger partial charge in [0.15, 0.2) is 0 Å². The van der Waals surface area contributed by atoms with E-state index in [9.17, 15) is 14.8 Å². The van der Waals surface area contributed by atoms with Gasteiger partial charge in [-0.3, -0.25) is 4.98 Å². The minimum atomic E-state index is -1.00. The quantitative estimate of drug-likeness (QED) is 0.593. The molecule has 0 atom stereocenters. The Hall–Kier alpha value is -2.25. The van der Waals surface area contributed by atoms with Gasteiger partial charge in [0.25, 0.3) is 0 Å². The van der Waals surface area contributed by atoms with Crippen molar-refractivity contribution < 1.29 is 24.3 Å².